The molecule has 0 fully saturated rings. The lowest BCUT2D eigenvalue weighted by Crippen LogP contribution is -2.16. The van der Waals surface area contributed by atoms with Crippen molar-refractivity contribution in [3.63, 3.8) is 0 Å². The van der Waals surface area contributed by atoms with Crippen molar-refractivity contribution in [2.75, 3.05) is 14.2 Å². The van der Waals surface area contributed by atoms with Crippen LogP contribution in [0.2, 0.25) is 0 Å². The van der Waals surface area contributed by atoms with E-state index in [0.29, 0.717) is 21.7 Å². The van der Waals surface area contributed by atoms with Gasteiger partial charge in [0.1, 0.15) is 11.5 Å². The fraction of sp³-hybridized carbons (Fsp3) is 0.143. The first-order chi connectivity index (χ1) is 10.1. The first-order valence-electron chi connectivity index (χ1n) is 5.95. The van der Waals surface area contributed by atoms with Crippen molar-refractivity contribution >= 4 is 28.1 Å². The van der Waals surface area contributed by atoms with Crippen molar-refractivity contribution in [3.05, 3.63) is 46.3 Å². The fourth-order valence-electron chi connectivity index (χ4n) is 1.58. The number of ether oxygens (including phenoxy) is 2. The maximum atomic E-state index is 11.7. The second-order valence-electron chi connectivity index (χ2n) is 3.91. The van der Waals surface area contributed by atoms with Crippen LogP contribution in [0, 0.1) is 0 Å². The van der Waals surface area contributed by atoms with Crippen LogP contribution in [0.3, 0.4) is 0 Å². The molecule has 0 aliphatic heterocycles. The third-order valence-corrected chi connectivity index (χ3v) is 3.03. The van der Waals surface area contributed by atoms with Crippen LogP contribution in [0.25, 0.3) is 0 Å². The summed E-state index contributed by atoms with van der Waals surface area (Å²) in [5.74, 6) is 0.992. The van der Waals surface area contributed by atoms with Crippen molar-refractivity contribution in [1.29, 1.82) is 0 Å². The number of benzene rings is 1. The molecule has 110 valence electrons. The highest BCUT2D eigenvalue weighted by molar-refractivity contribution is 9.10. The van der Waals surface area contributed by atoms with Crippen molar-refractivity contribution < 1.29 is 18.7 Å². The average molecular weight is 353 g/mol. The van der Waals surface area contributed by atoms with E-state index in [2.05, 4.69) is 26.5 Å². The van der Waals surface area contributed by atoms with Crippen LogP contribution >= 0.6 is 15.9 Å². The van der Waals surface area contributed by atoms with E-state index in [1.54, 1.807) is 44.6 Å². The van der Waals surface area contributed by atoms with Gasteiger partial charge >= 0.3 is 5.91 Å². The molecule has 1 aromatic carbocycles. The van der Waals surface area contributed by atoms with E-state index in [1.807, 2.05) is 0 Å². The Hall–Kier alpha value is -2.28. The number of hydrogen-bond donors (Lipinski definition) is 1. The number of methoxy groups -OCH3 is 2. The first-order valence-corrected chi connectivity index (χ1v) is 6.74. The Kier molecular flexibility index (Phi) is 4.99. The van der Waals surface area contributed by atoms with Crippen LogP contribution in [0.4, 0.5) is 0 Å². The molecule has 0 unspecified atom stereocenters. The molecule has 0 atom stereocenters. The van der Waals surface area contributed by atoms with Crippen molar-refractivity contribution in [2.45, 2.75) is 0 Å². The minimum absolute atomic E-state index is 0.167. The lowest BCUT2D eigenvalue weighted by molar-refractivity contribution is 0.0926. The first kappa shape index (κ1) is 15.1. The molecule has 0 bridgehead atoms. The summed E-state index contributed by atoms with van der Waals surface area (Å²) in [7, 11) is 3.12. The number of carbonyl (C=O) groups is 1. The Morgan fingerprint density at radius 2 is 2.10 bits per heavy atom. The van der Waals surface area contributed by atoms with Crippen molar-refractivity contribution in [2.24, 2.45) is 5.10 Å². The Morgan fingerprint density at radius 1 is 1.29 bits per heavy atom. The zero-order valence-corrected chi connectivity index (χ0v) is 13.0. The second kappa shape index (κ2) is 6.94. The molecule has 6 nitrogen and oxygen atoms in total. The largest absolute Gasteiger partial charge is 0.497 e. The summed E-state index contributed by atoms with van der Waals surface area (Å²) < 4.78 is 15.9. The molecule has 0 saturated heterocycles. The summed E-state index contributed by atoms with van der Waals surface area (Å²) in [6.45, 7) is 0. The normalized spacial score (nSPS) is 10.6. The molecule has 1 aromatic heterocycles. The SMILES string of the molecule is COc1ccc(C=NNC(=O)c2ccc(Br)o2)c(OC)c1. The van der Waals surface area contributed by atoms with Gasteiger partial charge in [-0.1, -0.05) is 0 Å². The van der Waals surface area contributed by atoms with Gasteiger partial charge in [-0.2, -0.15) is 5.10 Å². The predicted octanol–water partition coefficient (Wildman–Crippen LogP) is 2.82. The molecule has 0 spiro atoms. The van der Waals surface area contributed by atoms with Gasteiger partial charge in [0.25, 0.3) is 0 Å². The van der Waals surface area contributed by atoms with Crippen LogP contribution in [0.1, 0.15) is 16.1 Å². The Labute approximate surface area is 129 Å². The minimum Gasteiger partial charge on any atom is -0.497 e. The summed E-state index contributed by atoms with van der Waals surface area (Å²) in [6.07, 6.45) is 1.48. The molecule has 1 heterocycles. The highest BCUT2D eigenvalue weighted by Gasteiger charge is 2.09. The number of carbonyl (C=O) groups excluding carboxylic acids is 1. The van der Waals surface area contributed by atoms with Gasteiger partial charge in [0.05, 0.1) is 20.4 Å². The van der Waals surface area contributed by atoms with E-state index in [9.17, 15) is 4.79 Å². The van der Waals surface area contributed by atoms with Crippen molar-refractivity contribution in [1.82, 2.24) is 5.43 Å². The lowest BCUT2D eigenvalue weighted by atomic mass is 10.2. The van der Waals surface area contributed by atoms with Crippen molar-refractivity contribution in [3.8, 4) is 11.5 Å². The summed E-state index contributed by atoms with van der Waals surface area (Å²) in [5, 5.41) is 3.87. The number of nitrogens with zero attached hydrogens (tertiary/aromatic N) is 1. The molecule has 0 aliphatic carbocycles. The molecular weight excluding hydrogens is 340 g/mol. The van der Waals surface area contributed by atoms with Gasteiger partial charge in [-0.3, -0.25) is 4.79 Å². The number of hydrogen-bond acceptors (Lipinski definition) is 5. The molecule has 2 rings (SSSR count). The molecule has 1 N–H and O–H groups in total. The van der Waals surface area contributed by atoms with E-state index in [0.717, 1.165) is 0 Å². The van der Waals surface area contributed by atoms with Gasteiger partial charge in [0.15, 0.2) is 10.4 Å². The summed E-state index contributed by atoms with van der Waals surface area (Å²) in [5.41, 5.74) is 3.08. The summed E-state index contributed by atoms with van der Waals surface area (Å²) in [4.78, 5) is 11.7. The van der Waals surface area contributed by atoms with Crippen LogP contribution in [0.15, 0.2) is 44.5 Å². The van der Waals surface area contributed by atoms with E-state index >= 15 is 0 Å². The average Bonchev–Trinajstić information content (AvgIpc) is 2.94. The number of furan rings is 1. The van der Waals surface area contributed by atoms with E-state index in [4.69, 9.17) is 13.9 Å². The number of nitrogens with one attached hydrogen (secondary N) is 1. The summed E-state index contributed by atoms with van der Waals surface area (Å²) in [6, 6.07) is 8.45. The lowest BCUT2D eigenvalue weighted by Gasteiger charge is -2.06. The topological polar surface area (TPSA) is 73.1 Å². The van der Waals surface area contributed by atoms with E-state index in [1.165, 1.54) is 6.21 Å². The molecule has 2 aromatic rings. The number of amides is 1. The van der Waals surface area contributed by atoms with E-state index < -0.39 is 5.91 Å². The van der Waals surface area contributed by atoms with Gasteiger partial charge in [0.2, 0.25) is 0 Å². The van der Waals surface area contributed by atoms with Crippen LogP contribution in [-0.2, 0) is 0 Å². The number of hydrazone groups is 1. The monoisotopic (exact) mass is 352 g/mol. The third-order valence-electron chi connectivity index (χ3n) is 2.61. The Bertz CT molecular complexity index is 667. The van der Waals surface area contributed by atoms with Crippen LogP contribution < -0.4 is 14.9 Å². The minimum atomic E-state index is -0.440. The smallest absolute Gasteiger partial charge is 0.307 e. The highest BCUT2D eigenvalue weighted by Crippen LogP contribution is 2.23. The van der Waals surface area contributed by atoms with Crippen LogP contribution in [0.5, 0.6) is 11.5 Å². The zero-order valence-electron chi connectivity index (χ0n) is 11.4. The third kappa shape index (κ3) is 3.85. The standard InChI is InChI=1S/C14H13BrN2O4/c1-19-10-4-3-9(12(7-10)20-2)8-16-17-14(18)11-5-6-13(15)21-11/h3-8H,1-2H3,(H,17,18). The molecular formula is C14H13BrN2O4. The highest BCUT2D eigenvalue weighted by atomic mass is 79.9. The van der Waals surface area contributed by atoms with Gasteiger partial charge in [-0.15, -0.1) is 0 Å². The Morgan fingerprint density at radius 3 is 2.71 bits per heavy atom. The fourth-order valence-corrected chi connectivity index (χ4v) is 1.88. The maximum Gasteiger partial charge on any atom is 0.307 e. The molecule has 21 heavy (non-hydrogen) atoms. The quantitative estimate of drug-likeness (QED) is 0.663. The number of halogens is 1. The predicted molar refractivity (Wildman–Crippen MR) is 81.0 cm³/mol. The van der Waals surface area contributed by atoms with Gasteiger partial charge in [0, 0.05) is 11.6 Å². The van der Waals surface area contributed by atoms with Gasteiger partial charge < -0.3 is 13.9 Å². The summed E-state index contributed by atoms with van der Waals surface area (Å²) >= 11 is 3.12. The van der Waals surface area contributed by atoms with E-state index in [-0.39, 0.29) is 5.76 Å². The molecule has 7 heteroatoms. The maximum absolute atomic E-state index is 11.7. The molecule has 0 aliphatic rings. The zero-order chi connectivity index (χ0) is 15.2. The molecule has 0 radical (unpaired) electrons. The molecule has 1 amide bonds. The molecule has 0 saturated carbocycles. The number of rotatable bonds is 5. The van der Waals surface area contributed by atoms with Crippen LogP contribution in [-0.4, -0.2) is 26.3 Å². The van der Waals surface area contributed by atoms with Gasteiger partial charge in [-0.25, -0.2) is 5.43 Å². The Balaban J connectivity index is 2.06. The second-order valence-corrected chi connectivity index (χ2v) is 4.69. The van der Waals surface area contributed by atoms with Gasteiger partial charge in [-0.05, 0) is 40.2 Å².